The van der Waals surface area contributed by atoms with Crippen LogP contribution < -0.4 is 0 Å². The van der Waals surface area contributed by atoms with Crippen molar-refractivity contribution in [1.82, 2.24) is 0 Å². The first-order valence-corrected chi connectivity index (χ1v) is 44.8. The van der Waals surface area contributed by atoms with Gasteiger partial charge in [0, 0.05) is 25.7 Å². The zero-order valence-electron chi connectivity index (χ0n) is 66.8. The molecule has 17 nitrogen and oxygen atoms in total. The second kappa shape index (κ2) is 78.6. The van der Waals surface area contributed by atoms with Crippen molar-refractivity contribution < 1.29 is 80.2 Å². The SMILES string of the molecule is CC/C=C\C/C=C\C/C=C\C/C=C\C/C=C\CCCCCC(=O)OCC(COP(=O)(O)OCC(O)COP(=O)(O)OCC(COC(=O)CCCCCCCC/C=C\C/C=C\C/C=C\CCCCC)OC(=O)CCCCCCC/C=C\CCCCCCCC)OC(=O)CCCCCCC/C=C\CCCCCC. The standard InChI is InChI=1S/C87H150O17P2/c1-5-9-13-17-21-25-29-33-36-38-40-42-45-48-51-55-59-63-67-71-84(89)97-77-82(103-86(91)73-69-65-61-57-53-47-32-28-24-20-16-12-8-4)79-101-105(93,94)99-75-81(88)76-100-106(95,96)102-80-83(104-87(92)74-70-66-62-58-54-50-44-35-31-27-23-19-15-11-7-3)78-98-85(90)72-68-64-60-56-52-49-46-43-41-39-37-34-30-26-22-18-14-10-6-2/h9,13,21-22,25-26,28,32-37,40-44,48,51,81-83,88H,5-8,10-12,14-20,23-24,27,29-31,38-39,45-47,49-50,52-80H2,1-4H3,(H,93,94)(H,95,96)/b13-9-,25-21-,26-22-,32-28-,36-33-,37-34-,42-40-,43-41-,44-35-,51-48-. The monoisotopic (exact) mass is 1530 g/mol. The Morgan fingerprint density at radius 2 is 0.491 bits per heavy atom. The number of hydrogen-bond acceptors (Lipinski definition) is 15. The lowest BCUT2D eigenvalue weighted by Gasteiger charge is -2.21. The molecule has 0 radical (unpaired) electrons. The maximum Gasteiger partial charge on any atom is 0.472 e. The van der Waals surface area contributed by atoms with Crippen LogP contribution in [0.5, 0.6) is 0 Å². The predicted molar refractivity (Wildman–Crippen MR) is 436 cm³/mol. The lowest BCUT2D eigenvalue weighted by Crippen LogP contribution is -2.30. The second-order valence-corrected chi connectivity index (χ2v) is 30.6. The van der Waals surface area contributed by atoms with E-state index in [0.29, 0.717) is 25.7 Å². The van der Waals surface area contributed by atoms with E-state index < -0.39 is 97.5 Å². The van der Waals surface area contributed by atoms with E-state index in [9.17, 15) is 43.2 Å². The normalized spacial score (nSPS) is 14.4. The highest BCUT2D eigenvalue weighted by atomic mass is 31.2. The first kappa shape index (κ1) is 101. The highest BCUT2D eigenvalue weighted by molar-refractivity contribution is 7.47. The highest BCUT2D eigenvalue weighted by Crippen LogP contribution is 2.45. The van der Waals surface area contributed by atoms with Crippen molar-refractivity contribution in [2.24, 2.45) is 0 Å². The van der Waals surface area contributed by atoms with E-state index in [4.69, 9.17) is 37.0 Å². The minimum absolute atomic E-state index is 0.0753. The van der Waals surface area contributed by atoms with Crippen LogP contribution in [-0.2, 0) is 65.4 Å². The molecule has 0 aliphatic rings. The quantitative estimate of drug-likeness (QED) is 0.0169. The fourth-order valence-electron chi connectivity index (χ4n) is 11.0. The molecule has 0 amide bonds. The van der Waals surface area contributed by atoms with Gasteiger partial charge >= 0.3 is 39.5 Å². The van der Waals surface area contributed by atoms with Gasteiger partial charge in [-0.05, 0) is 161 Å². The van der Waals surface area contributed by atoms with E-state index in [1.807, 2.05) is 0 Å². The molecule has 0 aromatic heterocycles. The lowest BCUT2D eigenvalue weighted by atomic mass is 10.1. The van der Waals surface area contributed by atoms with Crippen LogP contribution in [0.3, 0.4) is 0 Å². The number of phosphoric acid groups is 2. The average molecular weight is 1530 g/mol. The van der Waals surface area contributed by atoms with E-state index in [1.54, 1.807) is 0 Å². The number of carbonyl (C=O) groups is 4. The molecule has 610 valence electrons. The van der Waals surface area contributed by atoms with Crippen molar-refractivity contribution >= 4 is 39.5 Å². The number of esters is 4. The van der Waals surface area contributed by atoms with Gasteiger partial charge in [0.15, 0.2) is 12.2 Å². The number of unbranched alkanes of at least 4 members (excludes halogenated alkanes) is 32. The maximum absolute atomic E-state index is 13.1. The van der Waals surface area contributed by atoms with Crippen LogP contribution in [-0.4, -0.2) is 96.7 Å². The van der Waals surface area contributed by atoms with Crippen LogP contribution >= 0.6 is 15.6 Å². The molecule has 0 aromatic carbocycles. The van der Waals surface area contributed by atoms with Gasteiger partial charge in [0.1, 0.15) is 19.3 Å². The third kappa shape index (κ3) is 77.6. The molecule has 3 N–H and O–H groups in total. The zero-order chi connectivity index (χ0) is 77.4. The second-order valence-electron chi connectivity index (χ2n) is 27.7. The van der Waals surface area contributed by atoms with Crippen molar-refractivity contribution in [2.75, 3.05) is 39.6 Å². The third-order valence-electron chi connectivity index (χ3n) is 17.4. The lowest BCUT2D eigenvalue weighted by molar-refractivity contribution is -0.161. The summed E-state index contributed by atoms with van der Waals surface area (Å²) >= 11 is 0. The molecule has 5 atom stereocenters. The van der Waals surface area contributed by atoms with Crippen LogP contribution in [0.1, 0.15) is 349 Å². The Hall–Kier alpha value is -4.54. The molecule has 5 unspecified atom stereocenters. The molecule has 0 aromatic rings. The summed E-state index contributed by atoms with van der Waals surface area (Å²) in [6, 6.07) is 0. The predicted octanol–water partition coefficient (Wildman–Crippen LogP) is 24.7. The molecular formula is C87H150O17P2. The number of rotatable bonds is 78. The highest BCUT2D eigenvalue weighted by Gasteiger charge is 2.30. The Bertz CT molecular complexity index is 2480. The molecule has 0 aliphatic carbocycles. The summed E-state index contributed by atoms with van der Waals surface area (Å²) in [5, 5.41) is 10.7. The minimum Gasteiger partial charge on any atom is -0.462 e. The van der Waals surface area contributed by atoms with Crippen LogP contribution in [0.4, 0.5) is 0 Å². The molecule has 106 heavy (non-hydrogen) atoms. The van der Waals surface area contributed by atoms with Crippen molar-refractivity contribution in [3.8, 4) is 0 Å². The van der Waals surface area contributed by atoms with Crippen molar-refractivity contribution in [1.29, 1.82) is 0 Å². The number of allylic oxidation sites excluding steroid dienone is 20. The largest absolute Gasteiger partial charge is 0.472 e. The van der Waals surface area contributed by atoms with Crippen LogP contribution in [0.15, 0.2) is 122 Å². The van der Waals surface area contributed by atoms with Gasteiger partial charge in [-0.3, -0.25) is 37.3 Å². The summed E-state index contributed by atoms with van der Waals surface area (Å²) in [5.74, 6) is -2.23. The molecule has 0 saturated carbocycles. The summed E-state index contributed by atoms with van der Waals surface area (Å²) in [6.07, 6.45) is 87.3. The number of aliphatic hydroxyl groups excluding tert-OH is 1. The molecule has 0 bridgehead atoms. The summed E-state index contributed by atoms with van der Waals surface area (Å²) in [4.78, 5) is 73.1. The maximum atomic E-state index is 13.1. The van der Waals surface area contributed by atoms with E-state index in [0.717, 1.165) is 186 Å². The van der Waals surface area contributed by atoms with Gasteiger partial charge in [-0.1, -0.05) is 284 Å². The number of aliphatic hydroxyl groups is 1. The van der Waals surface area contributed by atoms with Gasteiger partial charge in [0.25, 0.3) is 0 Å². The topological polar surface area (TPSA) is 237 Å². The Morgan fingerprint density at radius 1 is 0.274 bits per heavy atom. The first-order valence-electron chi connectivity index (χ1n) is 41.8. The first-order chi connectivity index (χ1) is 51.7. The molecule has 0 aliphatic heterocycles. The van der Waals surface area contributed by atoms with Crippen LogP contribution in [0.2, 0.25) is 0 Å². The summed E-state index contributed by atoms with van der Waals surface area (Å²) in [7, 11) is -9.98. The molecule has 0 saturated heterocycles. The summed E-state index contributed by atoms with van der Waals surface area (Å²) < 4.78 is 68.7. The van der Waals surface area contributed by atoms with Gasteiger partial charge in [-0.15, -0.1) is 0 Å². The van der Waals surface area contributed by atoms with Crippen LogP contribution in [0, 0.1) is 0 Å². The van der Waals surface area contributed by atoms with Gasteiger partial charge in [-0.25, -0.2) is 9.13 Å². The fourth-order valence-corrected chi connectivity index (χ4v) is 12.6. The molecule has 0 spiro atoms. The Kier molecular flexibility index (Phi) is 75.2. The summed E-state index contributed by atoms with van der Waals surface area (Å²) in [5.41, 5.74) is 0. The number of hydrogen-bond donors (Lipinski definition) is 3. The number of ether oxygens (including phenoxy) is 4. The molecular weight excluding hydrogens is 1380 g/mol. The van der Waals surface area contributed by atoms with Crippen molar-refractivity contribution in [2.45, 2.75) is 367 Å². The Labute approximate surface area is 644 Å². The third-order valence-corrected chi connectivity index (χ3v) is 19.3. The van der Waals surface area contributed by atoms with Gasteiger partial charge in [0.2, 0.25) is 0 Å². The molecule has 0 heterocycles. The van der Waals surface area contributed by atoms with E-state index in [-0.39, 0.29) is 25.7 Å². The Morgan fingerprint density at radius 3 is 0.802 bits per heavy atom. The van der Waals surface area contributed by atoms with E-state index in [2.05, 4.69) is 149 Å². The molecule has 19 heteroatoms. The smallest absolute Gasteiger partial charge is 0.462 e. The van der Waals surface area contributed by atoms with Gasteiger partial charge < -0.3 is 33.8 Å². The Balaban J connectivity index is 5.39. The molecule has 0 fully saturated rings. The average Bonchev–Trinajstić information content (AvgIpc) is 0.901. The summed E-state index contributed by atoms with van der Waals surface area (Å²) in [6.45, 7) is 4.68. The number of phosphoric ester groups is 2. The van der Waals surface area contributed by atoms with E-state index in [1.165, 1.54) is 83.5 Å². The van der Waals surface area contributed by atoms with Crippen LogP contribution in [0.25, 0.3) is 0 Å². The van der Waals surface area contributed by atoms with Crippen molar-refractivity contribution in [3.63, 3.8) is 0 Å². The minimum atomic E-state index is -4.99. The van der Waals surface area contributed by atoms with E-state index >= 15 is 0 Å². The fraction of sp³-hybridized carbons (Fsp3) is 0.724. The van der Waals surface area contributed by atoms with Gasteiger partial charge in [-0.2, -0.15) is 0 Å². The van der Waals surface area contributed by atoms with Gasteiger partial charge in [0.05, 0.1) is 26.4 Å². The van der Waals surface area contributed by atoms with Crippen molar-refractivity contribution in [3.05, 3.63) is 122 Å². The number of carbonyl (C=O) groups excluding carboxylic acids is 4. The molecule has 0 rings (SSSR count). The zero-order valence-corrected chi connectivity index (χ0v) is 68.6.